The summed E-state index contributed by atoms with van der Waals surface area (Å²) in [6.07, 6.45) is -2.95. The van der Waals surface area contributed by atoms with Crippen molar-refractivity contribution in [1.82, 2.24) is 0 Å². The number of benzene rings is 4. The molecule has 0 unspecified atom stereocenters. The molecule has 3 aliphatic heterocycles. The van der Waals surface area contributed by atoms with E-state index in [0.29, 0.717) is 28.1 Å². The van der Waals surface area contributed by atoms with Gasteiger partial charge in [-0.3, -0.25) is 19.7 Å². The van der Waals surface area contributed by atoms with Crippen LogP contribution in [0.2, 0.25) is 0 Å². The number of para-hydroxylation sites is 1. The molecule has 228 valence electrons. The Labute approximate surface area is 260 Å². The molecule has 1 amide bonds. The Morgan fingerprint density at radius 1 is 0.956 bits per heavy atom. The molecule has 0 N–H and O–H groups in total. The molecule has 3 aliphatic rings. The third kappa shape index (κ3) is 4.10. The van der Waals surface area contributed by atoms with E-state index in [9.17, 15) is 14.9 Å². The molecule has 9 heteroatoms. The maximum atomic E-state index is 15.2. The number of amides is 1. The first-order valence-corrected chi connectivity index (χ1v) is 14.9. The minimum absolute atomic E-state index is 0.246. The predicted molar refractivity (Wildman–Crippen MR) is 165 cm³/mol. The molecular weight excluding hydrogens is 572 g/mol. The van der Waals surface area contributed by atoms with Gasteiger partial charge in [-0.15, -0.1) is 0 Å². The Kier molecular flexibility index (Phi) is 6.74. The van der Waals surface area contributed by atoms with E-state index < -0.39 is 47.6 Å². The van der Waals surface area contributed by atoms with Crippen molar-refractivity contribution in [3.8, 4) is 5.75 Å². The predicted octanol–water partition coefficient (Wildman–Crippen LogP) is 5.94. The van der Waals surface area contributed by atoms with Crippen molar-refractivity contribution < 1.29 is 28.7 Å². The SMILES string of the molecule is COC(=O)C[C@H]1Oc2ccc(C)cc2[C@@H]2O[C@@]3(C(=O)N(Cc4ccccc4)c4ccccc43)[C@@H](c3ccc(C)cc3)[C@]12[N+](=O)[O-]. The zero-order chi connectivity index (χ0) is 31.5. The highest BCUT2D eigenvalue weighted by molar-refractivity contribution is 6.08. The van der Waals surface area contributed by atoms with Gasteiger partial charge in [0, 0.05) is 16.1 Å². The second-order valence-electron chi connectivity index (χ2n) is 12.0. The maximum absolute atomic E-state index is 15.2. The van der Waals surface area contributed by atoms with E-state index in [0.717, 1.165) is 16.7 Å². The number of fused-ring (bicyclic) bond motifs is 5. The topological polar surface area (TPSA) is 108 Å². The minimum atomic E-state index is -2.09. The van der Waals surface area contributed by atoms with E-state index in [1.165, 1.54) is 7.11 Å². The van der Waals surface area contributed by atoms with Gasteiger partial charge in [-0.2, -0.15) is 0 Å². The highest BCUT2D eigenvalue weighted by Crippen LogP contribution is 2.68. The first-order valence-electron chi connectivity index (χ1n) is 14.9. The fraction of sp³-hybridized carbons (Fsp3) is 0.278. The van der Waals surface area contributed by atoms with Crippen molar-refractivity contribution in [2.24, 2.45) is 0 Å². The molecule has 4 aromatic carbocycles. The van der Waals surface area contributed by atoms with E-state index in [4.69, 9.17) is 14.2 Å². The van der Waals surface area contributed by atoms with E-state index in [1.807, 2.05) is 105 Å². The van der Waals surface area contributed by atoms with Crippen LogP contribution in [-0.2, 0) is 31.2 Å². The van der Waals surface area contributed by atoms with Crippen molar-refractivity contribution in [3.63, 3.8) is 0 Å². The van der Waals surface area contributed by atoms with Gasteiger partial charge in [0.25, 0.3) is 11.4 Å². The molecule has 7 rings (SSSR count). The van der Waals surface area contributed by atoms with Crippen LogP contribution in [0.5, 0.6) is 5.75 Å². The van der Waals surface area contributed by atoms with E-state index in [1.54, 1.807) is 11.0 Å². The molecule has 0 saturated carbocycles. The summed E-state index contributed by atoms with van der Waals surface area (Å²) in [6.45, 7) is 4.06. The number of hydrogen-bond acceptors (Lipinski definition) is 7. The van der Waals surface area contributed by atoms with Gasteiger partial charge < -0.3 is 19.1 Å². The van der Waals surface area contributed by atoms with Crippen molar-refractivity contribution in [3.05, 3.63) is 141 Å². The first-order chi connectivity index (χ1) is 21.7. The monoisotopic (exact) mass is 604 g/mol. The number of nitrogens with zero attached hydrogens (tertiary/aromatic N) is 2. The van der Waals surface area contributed by atoms with Crippen LogP contribution >= 0.6 is 0 Å². The zero-order valence-electron chi connectivity index (χ0n) is 25.1. The van der Waals surface area contributed by atoms with Crippen molar-refractivity contribution in [2.75, 3.05) is 12.0 Å². The number of esters is 1. The highest BCUT2D eigenvalue weighted by atomic mass is 16.7. The van der Waals surface area contributed by atoms with Crippen LogP contribution in [0, 0.1) is 24.0 Å². The smallest absolute Gasteiger partial charge is 0.309 e. The van der Waals surface area contributed by atoms with Crippen LogP contribution in [-0.4, -0.2) is 35.6 Å². The quantitative estimate of drug-likeness (QED) is 0.152. The van der Waals surface area contributed by atoms with Crippen LogP contribution in [0.25, 0.3) is 0 Å². The van der Waals surface area contributed by atoms with Gasteiger partial charge in [0.15, 0.2) is 17.8 Å². The lowest BCUT2D eigenvalue weighted by Gasteiger charge is -2.41. The number of methoxy groups -OCH3 is 1. The number of nitro groups is 1. The lowest BCUT2D eigenvalue weighted by molar-refractivity contribution is -0.593. The summed E-state index contributed by atoms with van der Waals surface area (Å²) >= 11 is 0. The van der Waals surface area contributed by atoms with Crippen molar-refractivity contribution >= 4 is 17.6 Å². The maximum Gasteiger partial charge on any atom is 0.309 e. The third-order valence-electron chi connectivity index (χ3n) is 9.47. The van der Waals surface area contributed by atoms with Gasteiger partial charge in [0.1, 0.15) is 11.7 Å². The molecule has 0 aromatic heterocycles. The average Bonchev–Trinajstić information content (AvgIpc) is 3.50. The fourth-order valence-corrected chi connectivity index (χ4v) is 7.50. The highest BCUT2D eigenvalue weighted by Gasteiger charge is 2.82. The van der Waals surface area contributed by atoms with Gasteiger partial charge in [0.2, 0.25) is 0 Å². The summed E-state index contributed by atoms with van der Waals surface area (Å²) in [5.41, 5.74) is 0.978. The Bertz CT molecular complexity index is 1830. The number of carbonyl (C=O) groups excluding carboxylic acids is 2. The molecule has 0 radical (unpaired) electrons. The van der Waals surface area contributed by atoms with E-state index >= 15 is 4.79 Å². The Hall–Kier alpha value is -5.02. The largest absolute Gasteiger partial charge is 0.482 e. The summed E-state index contributed by atoms with van der Waals surface area (Å²) in [5.74, 6) is -1.87. The van der Waals surface area contributed by atoms with E-state index in [2.05, 4.69) is 0 Å². The molecule has 45 heavy (non-hydrogen) atoms. The van der Waals surface area contributed by atoms with Gasteiger partial charge in [-0.25, -0.2) is 0 Å². The Morgan fingerprint density at radius 2 is 1.64 bits per heavy atom. The first kappa shape index (κ1) is 28.7. The molecule has 5 atom stereocenters. The molecule has 9 nitrogen and oxygen atoms in total. The number of ether oxygens (including phenoxy) is 3. The number of hydrogen-bond donors (Lipinski definition) is 0. The number of aryl methyl sites for hydroxylation is 2. The number of rotatable bonds is 6. The standard InChI is InChI=1S/C36H32N2O7/c1-22-13-16-25(17-14-22)32-35(38(41)42)30(20-31(39)43-3)44-29-18-15-23(2)19-26(29)33(35)45-36(32)27-11-7-8-12-28(27)37(34(36)40)21-24-9-5-4-6-10-24/h4-19,30,32-33H,20-21H2,1-3H3/t30-,32+,33+,35-,36-/m1/s1. The number of carbonyl (C=O) groups is 2. The minimum Gasteiger partial charge on any atom is -0.482 e. The lowest BCUT2D eigenvalue weighted by atomic mass is 9.63. The molecule has 1 saturated heterocycles. The summed E-state index contributed by atoms with van der Waals surface area (Å²) in [7, 11) is 1.24. The summed E-state index contributed by atoms with van der Waals surface area (Å²) < 4.78 is 18.5. The van der Waals surface area contributed by atoms with Gasteiger partial charge in [-0.05, 0) is 43.2 Å². The molecule has 0 bridgehead atoms. The van der Waals surface area contributed by atoms with Crippen LogP contribution in [0.15, 0.2) is 97.1 Å². The summed E-state index contributed by atoms with van der Waals surface area (Å²) in [6, 6.07) is 29.7. The molecule has 0 aliphatic carbocycles. The van der Waals surface area contributed by atoms with Crippen LogP contribution in [0.1, 0.15) is 51.8 Å². The third-order valence-corrected chi connectivity index (χ3v) is 9.47. The van der Waals surface area contributed by atoms with E-state index in [-0.39, 0.29) is 11.5 Å². The summed E-state index contributed by atoms with van der Waals surface area (Å²) in [4.78, 5) is 43.2. The lowest BCUT2D eigenvalue weighted by Crippen LogP contribution is -2.61. The molecule has 4 aromatic rings. The Balaban J connectivity index is 1.54. The molecule has 1 fully saturated rings. The van der Waals surface area contributed by atoms with Crippen molar-refractivity contribution in [2.45, 2.75) is 56.1 Å². The fourth-order valence-electron chi connectivity index (χ4n) is 7.50. The molecule has 3 heterocycles. The van der Waals surface area contributed by atoms with Crippen LogP contribution in [0.3, 0.4) is 0 Å². The van der Waals surface area contributed by atoms with Crippen molar-refractivity contribution in [1.29, 1.82) is 0 Å². The number of anilines is 1. The van der Waals surface area contributed by atoms with Crippen LogP contribution in [0.4, 0.5) is 5.69 Å². The molecule has 1 spiro atoms. The second kappa shape index (κ2) is 10.6. The summed E-state index contributed by atoms with van der Waals surface area (Å²) in [5, 5.41) is 13.9. The Morgan fingerprint density at radius 3 is 2.36 bits per heavy atom. The zero-order valence-corrected chi connectivity index (χ0v) is 25.1. The average molecular weight is 605 g/mol. The van der Waals surface area contributed by atoms with Gasteiger partial charge >= 0.3 is 5.97 Å². The van der Waals surface area contributed by atoms with Gasteiger partial charge in [-0.1, -0.05) is 90.0 Å². The second-order valence-corrected chi connectivity index (χ2v) is 12.0. The normalized spacial score (nSPS) is 26.2. The van der Waals surface area contributed by atoms with Crippen LogP contribution < -0.4 is 9.64 Å². The molecular formula is C36H32N2O7. The van der Waals surface area contributed by atoms with Gasteiger partial charge in [0.05, 0.1) is 25.8 Å².